The fourth-order valence-electron chi connectivity index (χ4n) is 1.25. The maximum absolute atomic E-state index is 13.0. The van der Waals surface area contributed by atoms with Crippen LogP contribution in [0.2, 0.25) is 0 Å². The van der Waals surface area contributed by atoms with Gasteiger partial charge in [-0.15, -0.1) is 0 Å². The molecule has 0 saturated carbocycles. The number of ether oxygens (including phenoxy) is 1. The third-order valence-electron chi connectivity index (χ3n) is 1.99. The van der Waals surface area contributed by atoms with E-state index in [1.807, 2.05) is 13.8 Å². The van der Waals surface area contributed by atoms with Crippen LogP contribution in [0.3, 0.4) is 0 Å². The zero-order valence-corrected chi connectivity index (χ0v) is 9.77. The van der Waals surface area contributed by atoms with Gasteiger partial charge < -0.3 is 10.1 Å². The molecule has 0 aliphatic carbocycles. The molecule has 1 N–H and O–H groups in total. The number of nitro groups is 1. The molecule has 6 heteroatoms. The van der Waals surface area contributed by atoms with E-state index in [0.717, 1.165) is 12.1 Å². The van der Waals surface area contributed by atoms with E-state index in [1.165, 1.54) is 6.07 Å². The van der Waals surface area contributed by atoms with Gasteiger partial charge >= 0.3 is 0 Å². The molecule has 0 radical (unpaired) electrons. The minimum absolute atomic E-state index is 0.169. The lowest BCUT2D eigenvalue weighted by molar-refractivity contribution is -0.385. The van der Waals surface area contributed by atoms with Crippen molar-refractivity contribution in [3.05, 3.63) is 34.1 Å². The van der Waals surface area contributed by atoms with Crippen LogP contribution in [0.4, 0.5) is 10.1 Å². The van der Waals surface area contributed by atoms with Gasteiger partial charge in [-0.25, -0.2) is 4.39 Å². The van der Waals surface area contributed by atoms with Crippen molar-refractivity contribution < 1.29 is 14.1 Å². The summed E-state index contributed by atoms with van der Waals surface area (Å²) < 4.78 is 18.2. The number of hydrogen-bond donors (Lipinski definition) is 1. The Balaban J connectivity index is 2.56. The number of nitrogens with zero attached hydrogens (tertiary/aromatic N) is 1. The molecule has 0 spiro atoms. The average Bonchev–Trinajstić information content (AvgIpc) is 2.23. The van der Waals surface area contributed by atoms with Crippen LogP contribution >= 0.6 is 0 Å². The molecule has 0 heterocycles. The first kappa shape index (κ1) is 13.4. The van der Waals surface area contributed by atoms with Crippen molar-refractivity contribution in [1.82, 2.24) is 5.32 Å². The van der Waals surface area contributed by atoms with Gasteiger partial charge in [0.15, 0.2) is 0 Å². The SMILES string of the molecule is CC(C)NCCOc1cc(F)cc([N+](=O)[O-])c1. The predicted molar refractivity (Wildman–Crippen MR) is 61.7 cm³/mol. The Morgan fingerprint density at radius 2 is 2.18 bits per heavy atom. The summed E-state index contributed by atoms with van der Waals surface area (Å²) in [7, 11) is 0. The summed E-state index contributed by atoms with van der Waals surface area (Å²) in [4.78, 5) is 9.85. The molecule has 1 aromatic rings. The quantitative estimate of drug-likeness (QED) is 0.471. The third-order valence-corrected chi connectivity index (χ3v) is 1.99. The Kier molecular flexibility index (Phi) is 4.84. The highest BCUT2D eigenvalue weighted by molar-refractivity contribution is 5.38. The van der Waals surface area contributed by atoms with Crippen LogP contribution in [0.15, 0.2) is 18.2 Å². The van der Waals surface area contributed by atoms with Crippen LogP contribution in [-0.2, 0) is 0 Å². The highest BCUT2D eigenvalue weighted by Gasteiger charge is 2.10. The maximum Gasteiger partial charge on any atom is 0.276 e. The smallest absolute Gasteiger partial charge is 0.276 e. The molecule has 0 saturated heterocycles. The number of nitro benzene ring substituents is 1. The molecule has 94 valence electrons. The van der Waals surface area contributed by atoms with Gasteiger partial charge in [0.1, 0.15) is 18.2 Å². The first-order valence-corrected chi connectivity index (χ1v) is 5.30. The summed E-state index contributed by atoms with van der Waals surface area (Å²) in [5, 5.41) is 13.6. The second-order valence-corrected chi connectivity index (χ2v) is 3.86. The molecule has 1 rings (SSSR count). The summed E-state index contributed by atoms with van der Waals surface area (Å²) in [5.41, 5.74) is -0.309. The molecule has 0 atom stereocenters. The molecule has 0 unspecified atom stereocenters. The van der Waals surface area contributed by atoms with Gasteiger partial charge in [0.2, 0.25) is 0 Å². The lowest BCUT2D eigenvalue weighted by atomic mass is 10.3. The molecule has 17 heavy (non-hydrogen) atoms. The van der Waals surface area contributed by atoms with E-state index in [4.69, 9.17) is 4.74 Å². The van der Waals surface area contributed by atoms with E-state index in [9.17, 15) is 14.5 Å². The van der Waals surface area contributed by atoms with Gasteiger partial charge in [-0.05, 0) is 0 Å². The molecule has 0 aliphatic heterocycles. The van der Waals surface area contributed by atoms with Gasteiger partial charge in [0, 0.05) is 18.7 Å². The molecule has 0 aliphatic rings. The second-order valence-electron chi connectivity index (χ2n) is 3.86. The van der Waals surface area contributed by atoms with Gasteiger partial charge in [-0.1, -0.05) is 13.8 Å². The normalized spacial score (nSPS) is 10.6. The molecule has 5 nitrogen and oxygen atoms in total. The Morgan fingerprint density at radius 3 is 2.76 bits per heavy atom. The molecule has 1 aromatic carbocycles. The van der Waals surface area contributed by atoms with Gasteiger partial charge in [0.05, 0.1) is 17.1 Å². The number of nitrogens with one attached hydrogen (secondary N) is 1. The molecule has 0 aromatic heterocycles. The lowest BCUT2D eigenvalue weighted by Crippen LogP contribution is -2.27. The second kappa shape index (κ2) is 6.15. The zero-order valence-electron chi connectivity index (χ0n) is 9.77. The number of non-ortho nitro benzene ring substituents is 1. The van der Waals surface area contributed by atoms with E-state index >= 15 is 0 Å². The van der Waals surface area contributed by atoms with Crippen LogP contribution in [-0.4, -0.2) is 24.1 Å². The molecule has 0 amide bonds. The first-order chi connectivity index (χ1) is 7.99. The fraction of sp³-hybridized carbons (Fsp3) is 0.455. The van der Waals surface area contributed by atoms with Crippen LogP contribution in [0, 0.1) is 15.9 Å². The Morgan fingerprint density at radius 1 is 1.47 bits per heavy atom. The summed E-state index contributed by atoms with van der Waals surface area (Å²) in [5.74, 6) is -0.506. The van der Waals surface area contributed by atoms with Crippen LogP contribution in [0.25, 0.3) is 0 Å². The molecule has 0 bridgehead atoms. The fourth-order valence-corrected chi connectivity index (χ4v) is 1.25. The van der Waals surface area contributed by atoms with Gasteiger partial charge in [0.25, 0.3) is 5.69 Å². The third kappa shape index (κ3) is 4.78. The van der Waals surface area contributed by atoms with Crippen molar-refractivity contribution in [1.29, 1.82) is 0 Å². The molecular weight excluding hydrogens is 227 g/mol. The summed E-state index contributed by atoms with van der Waals surface area (Å²) in [6.45, 7) is 4.92. The van der Waals surface area contributed by atoms with Crippen LogP contribution in [0.1, 0.15) is 13.8 Å². The number of benzene rings is 1. The van der Waals surface area contributed by atoms with E-state index < -0.39 is 10.7 Å². The minimum atomic E-state index is -0.675. The zero-order chi connectivity index (χ0) is 12.8. The Hall–Kier alpha value is -1.69. The Bertz CT molecular complexity index is 396. The maximum atomic E-state index is 13.0. The highest BCUT2D eigenvalue weighted by atomic mass is 19.1. The molecule has 0 fully saturated rings. The summed E-state index contributed by atoms with van der Waals surface area (Å²) >= 11 is 0. The van der Waals surface area contributed by atoms with E-state index in [1.54, 1.807) is 0 Å². The van der Waals surface area contributed by atoms with E-state index in [0.29, 0.717) is 19.2 Å². The van der Waals surface area contributed by atoms with Gasteiger partial charge in [-0.3, -0.25) is 10.1 Å². The van der Waals surface area contributed by atoms with Gasteiger partial charge in [-0.2, -0.15) is 0 Å². The van der Waals surface area contributed by atoms with Crippen molar-refractivity contribution in [2.75, 3.05) is 13.2 Å². The lowest BCUT2D eigenvalue weighted by Gasteiger charge is -2.09. The highest BCUT2D eigenvalue weighted by Crippen LogP contribution is 2.21. The van der Waals surface area contributed by atoms with Crippen LogP contribution in [0.5, 0.6) is 5.75 Å². The van der Waals surface area contributed by atoms with Crippen molar-refractivity contribution in [3.63, 3.8) is 0 Å². The topological polar surface area (TPSA) is 64.4 Å². The minimum Gasteiger partial charge on any atom is -0.492 e. The van der Waals surface area contributed by atoms with Crippen molar-refractivity contribution in [2.45, 2.75) is 19.9 Å². The summed E-state index contributed by atoms with van der Waals surface area (Å²) in [6, 6.07) is 3.53. The standard InChI is InChI=1S/C11H15FN2O3/c1-8(2)13-3-4-17-11-6-9(12)5-10(7-11)14(15)16/h5-8,13H,3-4H2,1-2H3. The number of rotatable bonds is 6. The number of hydrogen-bond acceptors (Lipinski definition) is 4. The molecular formula is C11H15FN2O3. The number of halogens is 1. The average molecular weight is 242 g/mol. The van der Waals surface area contributed by atoms with Crippen molar-refractivity contribution in [2.24, 2.45) is 0 Å². The first-order valence-electron chi connectivity index (χ1n) is 5.30. The predicted octanol–water partition coefficient (Wildman–Crippen LogP) is 2.11. The van der Waals surface area contributed by atoms with E-state index in [-0.39, 0.29) is 11.4 Å². The van der Waals surface area contributed by atoms with Crippen molar-refractivity contribution in [3.8, 4) is 5.75 Å². The Labute approximate surface area is 98.7 Å². The van der Waals surface area contributed by atoms with E-state index in [2.05, 4.69) is 5.32 Å². The largest absolute Gasteiger partial charge is 0.492 e. The monoisotopic (exact) mass is 242 g/mol. The van der Waals surface area contributed by atoms with Crippen molar-refractivity contribution >= 4 is 5.69 Å². The van der Waals surface area contributed by atoms with Crippen LogP contribution < -0.4 is 10.1 Å². The summed E-state index contributed by atoms with van der Waals surface area (Å²) in [6.07, 6.45) is 0.